The van der Waals surface area contributed by atoms with Crippen molar-refractivity contribution in [1.82, 2.24) is 14.8 Å². The number of likely N-dealkylation sites (N-methyl/N-ethyl adjacent to an activating group) is 1. The number of nitrogens with one attached hydrogen (secondary N) is 2. The van der Waals surface area contributed by atoms with E-state index in [1.807, 2.05) is 18.9 Å². The normalized spacial score (nSPS) is 14.4. The summed E-state index contributed by atoms with van der Waals surface area (Å²) < 4.78 is 46.8. The van der Waals surface area contributed by atoms with Gasteiger partial charge in [-0.25, -0.2) is 0 Å². The average Bonchev–Trinajstić information content (AvgIpc) is 2.90. The summed E-state index contributed by atoms with van der Waals surface area (Å²) in [6.45, 7) is 5.02. The number of rotatable bonds is 5. The second-order valence-corrected chi connectivity index (χ2v) is 9.47. The number of carbonyl (C=O) groups is 1. The van der Waals surface area contributed by atoms with E-state index in [0.29, 0.717) is 24.2 Å². The molecule has 0 bridgehead atoms. The molecule has 7 nitrogen and oxygen atoms in total. The van der Waals surface area contributed by atoms with Crippen molar-refractivity contribution >= 4 is 11.6 Å². The monoisotopic (exact) mass is 538 g/mol. The molecule has 0 spiro atoms. The van der Waals surface area contributed by atoms with E-state index in [1.54, 1.807) is 18.2 Å². The summed E-state index contributed by atoms with van der Waals surface area (Å²) in [5.74, 6) is 5.47. The lowest BCUT2D eigenvalue weighted by atomic mass is 10.0. The Morgan fingerprint density at radius 3 is 2.51 bits per heavy atom. The third-order valence-electron chi connectivity index (χ3n) is 6.59. The highest BCUT2D eigenvalue weighted by Crippen LogP contribution is 2.34. The molecular weight excluding hydrogens is 509 g/mol. The fourth-order valence-corrected chi connectivity index (χ4v) is 4.23. The maximum atomic E-state index is 13.9. The Morgan fingerprint density at radius 2 is 1.82 bits per heavy atom. The van der Waals surface area contributed by atoms with Crippen molar-refractivity contribution in [3.63, 3.8) is 0 Å². The molecule has 1 amide bonds. The number of aryl methyl sites for hydroxylation is 1. The number of benzene rings is 2. The summed E-state index contributed by atoms with van der Waals surface area (Å²) in [5.41, 5.74) is 1.23. The zero-order valence-corrected chi connectivity index (χ0v) is 21.9. The minimum atomic E-state index is -4.56. The lowest BCUT2D eigenvalue weighted by molar-refractivity contribution is -0.138. The number of hydrogen-bond acceptors (Lipinski definition) is 5. The Bertz CT molecular complexity index is 1480. The van der Waals surface area contributed by atoms with Crippen LogP contribution in [0.1, 0.15) is 38.2 Å². The number of piperazine rings is 1. The molecule has 2 aromatic carbocycles. The summed E-state index contributed by atoms with van der Waals surface area (Å²) in [4.78, 5) is 31.3. The Hall–Kier alpha value is -4.07. The van der Waals surface area contributed by atoms with Gasteiger partial charge in [0, 0.05) is 67.4 Å². The van der Waals surface area contributed by atoms with E-state index in [-0.39, 0.29) is 34.7 Å². The first-order chi connectivity index (χ1) is 18.5. The second-order valence-electron chi connectivity index (χ2n) is 9.47. The molecule has 1 fully saturated rings. The number of methoxy groups -OCH3 is 1. The molecule has 204 valence electrons. The molecule has 3 aromatic rings. The first kappa shape index (κ1) is 28.0. The molecule has 1 saturated heterocycles. The molecule has 2 N–H and O–H groups in total. The third kappa shape index (κ3) is 7.07. The number of hydrogen-bond donors (Lipinski definition) is 2. The highest BCUT2D eigenvalue weighted by molar-refractivity contribution is 6.04. The van der Waals surface area contributed by atoms with E-state index in [9.17, 15) is 22.8 Å². The average molecular weight is 539 g/mol. The number of ether oxygens (including phenoxy) is 1. The molecule has 4 rings (SSSR count). The van der Waals surface area contributed by atoms with Crippen LogP contribution in [-0.2, 0) is 12.7 Å². The number of carbonyl (C=O) groups excluding carboxylic acids is 1. The number of halogens is 3. The van der Waals surface area contributed by atoms with Crippen LogP contribution in [0.2, 0.25) is 0 Å². The van der Waals surface area contributed by atoms with Gasteiger partial charge in [0.05, 0.1) is 12.7 Å². The van der Waals surface area contributed by atoms with E-state index < -0.39 is 17.6 Å². The van der Waals surface area contributed by atoms with Gasteiger partial charge < -0.3 is 19.9 Å². The van der Waals surface area contributed by atoms with Gasteiger partial charge in [-0.15, -0.1) is 0 Å². The quantitative estimate of drug-likeness (QED) is 0.479. The number of nitrogens with zero attached hydrogens (tertiary/aromatic N) is 2. The number of alkyl halides is 3. The van der Waals surface area contributed by atoms with Crippen LogP contribution in [0, 0.1) is 18.8 Å². The number of anilines is 1. The van der Waals surface area contributed by atoms with Crippen molar-refractivity contribution in [1.29, 1.82) is 0 Å². The van der Waals surface area contributed by atoms with Crippen LogP contribution >= 0.6 is 0 Å². The van der Waals surface area contributed by atoms with Gasteiger partial charge in [0.25, 0.3) is 11.5 Å². The lowest BCUT2D eigenvalue weighted by Gasteiger charge is -2.33. The third-order valence-corrected chi connectivity index (χ3v) is 6.59. The van der Waals surface area contributed by atoms with Crippen molar-refractivity contribution in [3.05, 3.63) is 92.4 Å². The van der Waals surface area contributed by atoms with Crippen molar-refractivity contribution in [2.45, 2.75) is 19.6 Å². The molecule has 0 radical (unpaired) electrons. The minimum Gasteiger partial charge on any atom is -0.491 e. The molecular formula is C29H29F3N4O3. The Balaban J connectivity index is 1.53. The largest absolute Gasteiger partial charge is 0.491 e. The number of pyridine rings is 1. The van der Waals surface area contributed by atoms with Crippen LogP contribution in [-0.4, -0.2) is 61.0 Å². The fourth-order valence-electron chi connectivity index (χ4n) is 4.23. The van der Waals surface area contributed by atoms with E-state index in [1.165, 1.54) is 31.5 Å². The van der Waals surface area contributed by atoms with Gasteiger partial charge in [0.15, 0.2) is 5.75 Å². The molecule has 0 saturated carbocycles. The first-order valence-corrected chi connectivity index (χ1v) is 12.4. The van der Waals surface area contributed by atoms with Crippen molar-refractivity contribution < 1.29 is 22.7 Å². The predicted octanol–water partition coefficient (Wildman–Crippen LogP) is 4.11. The zero-order chi connectivity index (χ0) is 28.2. The van der Waals surface area contributed by atoms with Gasteiger partial charge in [-0.05, 0) is 49.4 Å². The Labute approximate surface area is 224 Å². The molecule has 1 aliphatic heterocycles. The molecule has 0 aliphatic carbocycles. The van der Waals surface area contributed by atoms with Gasteiger partial charge >= 0.3 is 6.18 Å². The topological polar surface area (TPSA) is 77.7 Å². The molecule has 0 unspecified atom stereocenters. The smallest absolute Gasteiger partial charge is 0.416 e. The van der Waals surface area contributed by atoms with E-state index in [0.717, 1.165) is 24.7 Å². The minimum absolute atomic E-state index is 0.0583. The maximum Gasteiger partial charge on any atom is 0.416 e. The molecule has 1 aliphatic rings. The van der Waals surface area contributed by atoms with Crippen LogP contribution in [0.3, 0.4) is 0 Å². The van der Waals surface area contributed by atoms with Gasteiger partial charge in [-0.3, -0.25) is 14.5 Å². The van der Waals surface area contributed by atoms with Crippen molar-refractivity contribution in [3.8, 4) is 17.6 Å². The summed E-state index contributed by atoms with van der Waals surface area (Å²) in [6.07, 6.45) is -3.10. The zero-order valence-electron chi connectivity index (χ0n) is 21.9. The summed E-state index contributed by atoms with van der Waals surface area (Å²) in [7, 11) is 3.37. The SMILES string of the molecule is COc1cc(C#Cc2cc(C(=O)Nc3ccc(CN4CCN(C)CC4)c(C(F)(F)F)c3)ccc2C)c[nH]c1=O. The molecule has 39 heavy (non-hydrogen) atoms. The number of H-pyrrole nitrogens is 1. The molecule has 1 aromatic heterocycles. The highest BCUT2D eigenvalue weighted by Gasteiger charge is 2.34. The highest BCUT2D eigenvalue weighted by atomic mass is 19.4. The van der Waals surface area contributed by atoms with Gasteiger partial charge in [0.2, 0.25) is 0 Å². The Kier molecular flexibility index (Phi) is 8.43. The van der Waals surface area contributed by atoms with Gasteiger partial charge in [-0.2, -0.15) is 13.2 Å². The summed E-state index contributed by atoms with van der Waals surface area (Å²) in [5, 5.41) is 2.59. The van der Waals surface area contributed by atoms with Crippen molar-refractivity contribution in [2.75, 3.05) is 45.7 Å². The number of aromatic amines is 1. The predicted molar refractivity (Wildman–Crippen MR) is 143 cm³/mol. The standard InChI is InChI=1S/C29H29F3N4O3/c1-19-4-6-22(15-21(19)7-5-20-14-26(39-3)28(38)33-17-20)27(37)34-24-9-8-23(25(16-24)29(30,31)32)18-36-12-10-35(2)11-13-36/h4,6,8-9,14-17H,10-13,18H2,1-3H3,(H,33,38)(H,34,37). The van der Waals surface area contributed by atoms with Crippen molar-refractivity contribution in [2.24, 2.45) is 0 Å². The maximum absolute atomic E-state index is 13.9. The second kappa shape index (κ2) is 11.8. The number of aromatic nitrogens is 1. The molecule has 0 atom stereocenters. The number of amides is 1. The van der Waals surface area contributed by atoms with Gasteiger partial charge in [-0.1, -0.05) is 24.0 Å². The Morgan fingerprint density at radius 1 is 1.08 bits per heavy atom. The van der Waals surface area contributed by atoms with Crippen LogP contribution in [0.5, 0.6) is 5.75 Å². The summed E-state index contributed by atoms with van der Waals surface area (Å²) >= 11 is 0. The lowest BCUT2D eigenvalue weighted by Crippen LogP contribution is -2.44. The molecule has 2 heterocycles. The van der Waals surface area contributed by atoms with Crippen LogP contribution < -0.4 is 15.6 Å². The fraction of sp³-hybridized carbons (Fsp3) is 0.310. The van der Waals surface area contributed by atoms with Crippen LogP contribution in [0.15, 0.2) is 53.5 Å². The molecule has 10 heteroatoms. The van der Waals surface area contributed by atoms with E-state index in [4.69, 9.17) is 4.74 Å². The first-order valence-electron chi connectivity index (χ1n) is 12.4. The summed E-state index contributed by atoms with van der Waals surface area (Å²) in [6, 6.07) is 10.3. The van der Waals surface area contributed by atoms with E-state index in [2.05, 4.69) is 27.0 Å². The van der Waals surface area contributed by atoms with Crippen LogP contribution in [0.4, 0.5) is 18.9 Å². The van der Waals surface area contributed by atoms with Crippen LogP contribution in [0.25, 0.3) is 0 Å². The van der Waals surface area contributed by atoms with E-state index >= 15 is 0 Å². The van der Waals surface area contributed by atoms with Gasteiger partial charge in [0.1, 0.15) is 0 Å².